The molecule has 8 heteroatoms. The largest absolute Gasteiger partial charge is 0.433 e. The second kappa shape index (κ2) is 4.83. The van der Waals surface area contributed by atoms with E-state index in [1.807, 2.05) is 0 Å². The number of rotatable bonds is 2. The van der Waals surface area contributed by atoms with Gasteiger partial charge in [0.05, 0.1) is 16.3 Å². The third-order valence-corrected chi connectivity index (χ3v) is 2.57. The van der Waals surface area contributed by atoms with Crippen molar-refractivity contribution in [2.75, 3.05) is 0 Å². The summed E-state index contributed by atoms with van der Waals surface area (Å²) >= 11 is 8.37. The maximum absolute atomic E-state index is 12.4. The predicted molar refractivity (Wildman–Crippen MR) is 51.8 cm³/mol. The highest BCUT2D eigenvalue weighted by Gasteiger charge is 2.38. The van der Waals surface area contributed by atoms with Crippen molar-refractivity contribution < 1.29 is 22.0 Å². The molecule has 0 N–H and O–H groups in total. The van der Waals surface area contributed by atoms with Gasteiger partial charge in [0, 0.05) is 5.33 Å². The minimum Gasteiger partial charge on any atom is -0.245 e. The second-order valence-electron chi connectivity index (χ2n) is 2.79. The van der Waals surface area contributed by atoms with Crippen LogP contribution < -0.4 is 0 Å². The molecule has 0 aromatic carbocycles. The van der Waals surface area contributed by atoms with Crippen molar-refractivity contribution in [3.8, 4) is 0 Å². The first-order chi connectivity index (χ1) is 7.27. The molecule has 1 nitrogen and oxygen atoms in total. The lowest BCUT2D eigenvalue weighted by atomic mass is 10.1. The molecule has 1 aromatic heterocycles. The van der Waals surface area contributed by atoms with Gasteiger partial charge in [0.25, 0.3) is 6.43 Å². The van der Waals surface area contributed by atoms with E-state index in [4.69, 9.17) is 11.6 Å². The highest BCUT2D eigenvalue weighted by Crippen LogP contribution is 2.37. The van der Waals surface area contributed by atoms with Crippen molar-refractivity contribution in [2.24, 2.45) is 0 Å². The van der Waals surface area contributed by atoms with Gasteiger partial charge in [0.1, 0.15) is 0 Å². The summed E-state index contributed by atoms with van der Waals surface area (Å²) < 4.78 is 61.9. The Hall–Kier alpha value is -0.430. The third-order valence-electron chi connectivity index (χ3n) is 1.71. The van der Waals surface area contributed by atoms with Gasteiger partial charge in [-0.1, -0.05) is 27.5 Å². The fraction of sp³-hybridized carbons (Fsp3) is 0.375. The molecule has 16 heavy (non-hydrogen) atoms. The molecule has 0 fully saturated rings. The Morgan fingerprint density at radius 3 is 2.31 bits per heavy atom. The summed E-state index contributed by atoms with van der Waals surface area (Å²) in [7, 11) is 0. The van der Waals surface area contributed by atoms with Crippen molar-refractivity contribution in [3.63, 3.8) is 0 Å². The molecule has 0 saturated heterocycles. The van der Waals surface area contributed by atoms with Gasteiger partial charge in [-0.2, -0.15) is 13.2 Å². The minimum absolute atomic E-state index is 0.0432. The van der Waals surface area contributed by atoms with Crippen LogP contribution in [0.25, 0.3) is 0 Å². The molecule has 1 aromatic rings. The van der Waals surface area contributed by atoms with Crippen LogP contribution in [-0.2, 0) is 11.5 Å². The van der Waals surface area contributed by atoms with Crippen LogP contribution in [-0.4, -0.2) is 4.98 Å². The average Bonchev–Trinajstić information content (AvgIpc) is 2.15. The van der Waals surface area contributed by atoms with Crippen LogP contribution in [0.1, 0.15) is 23.4 Å². The van der Waals surface area contributed by atoms with Gasteiger partial charge in [-0.25, -0.2) is 13.8 Å². The quantitative estimate of drug-likeness (QED) is 0.573. The van der Waals surface area contributed by atoms with Crippen LogP contribution in [0.3, 0.4) is 0 Å². The zero-order chi connectivity index (χ0) is 12.5. The Morgan fingerprint density at radius 2 is 1.94 bits per heavy atom. The van der Waals surface area contributed by atoms with E-state index >= 15 is 0 Å². The molecule has 0 aliphatic rings. The summed E-state index contributed by atoms with van der Waals surface area (Å²) in [4.78, 5) is 3.10. The molecule has 1 rings (SSSR count). The van der Waals surface area contributed by atoms with Gasteiger partial charge in [-0.05, 0) is 6.07 Å². The topological polar surface area (TPSA) is 12.9 Å². The van der Waals surface area contributed by atoms with E-state index in [1.165, 1.54) is 0 Å². The van der Waals surface area contributed by atoms with Gasteiger partial charge >= 0.3 is 6.18 Å². The van der Waals surface area contributed by atoms with Crippen molar-refractivity contribution in [1.82, 2.24) is 4.98 Å². The Morgan fingerprint density at radius 1 is 1.38 bits per heavy atom. The molecule has 0 saturated carbocycles. The molecule has 0 amide bonds. The standard InChI is InChI=1S/C8H4BrClF5N/c9-2-5-4(10)1-3(7(11)12)6(16-5)8(13,14)15/h1,7H,2H2. The normalized spacial score (nSPS) is 12.2. The first-order valence-electron chi connectivity index (χ1n) is 3.88. The summed E-state index contributed by atoms with van der Waals surface area (Å²) in [6.07, 6.45) is -8.20. The Balaban J connectivity index is 3.43. The summed E-state index contributed by atoms with van der Waals surface area (Å²) in [6, 6.07) is 0.596. The van der Waals surface area contributed by atoms with Crippen molar-refractivity contribution in [2.45, 2.75) is 17.9 Å². The van der Waals surface area contributed by atoms with E-state index in [9.17, 15) is 22.0 Å². The number of alkyl halides is 6. The Bertz CT molecular complexity index is 393. The number of hydrogen-bond donors (Lipinski definition) is 0. The van der Waals surface area contributed by atoms with Gasteiger partial charge in [-0.3, -0.25) is 0 Å². The van der Waals surface area contributed by atoms with Crippen LogP contribution in [0.2, 0.25) is 5.02 Å². The molecule has 0 aliphatic heterocycles. The van der Waals surface area contributed by atoms with Gasteiger partial charge in [-0.15, -0.1) is 0 Å². The lowest BCUT2D eigenvalue weighted by molar-refractivity contribution is -0.143. The number of pyridine rings is 1. The lowest BCUT2D eigenvalue weighted by Crippen LogP contribution is -2.14. The molecule has 0 atom stereocenters. The number of halogens is 7. The fourth-order valence-electron chi connectivity index (χ4n) is 1.03. The SMILES string of the molecule is FC(F)c1cc(Cl)c(CBr)nc1C(F)(F)F. The number of aromatic nitrogens is 1. The van der Waals surface area contributed by atoms with E-state index in [2.05, 4.69) is 20.9 Å². The fourth-order valence-corrected chi connectivity index (χ4v) is 1.84. The first kappa shape index (κ1) is 13.6. The number of hydrogen-bond acceptors (Lipinski definition) is 1. The molecular weight excluding hydrogens is 320 g/mol. The number of nitrogens with zero attached hydrogens (tertiary/aromatic N) is 1. The molecule has 0 unspecified atom stereocenters. The minimum atomic E-state index is -4.92. The van der Waals surface area contributed by atoms with Gasteiger partial charge < -0.3 is 0 Å². The summed E-state index contributed by atoms with van der Waals surface area (Å²) in [6.45, 7) is 0. The van der Waals surface area contributed by atoms with Crippen molar-refractivity contribution >= 4 is 27.5 Å². The zero-order valence-corrected chi connectivity index (χ0v) is 9.80. The second-order valence-corrected chi connectivity index (χ2v) is 3.75. The smallest absolute Gasteiger partial charge is 0.245 e. The maximum Gasteiger partial charge on any atom is 0.433 e. The van der Waals surface area contributed by atoms with Crippen LogP contribution >= 0.6 is 27.5 Å². The van der Waals surface area contributed by atoms with E-state index in [0.717, 1.165) is 0 Å². The van der Waals surface area contributed by atoms with E-state index in [-0.39, 0.29) is 16.0 Å². The van der Waals surface area contributed by atoms with Crippen LogP contribution in [0.4, 0.5) is 22.0 Å². The predicted octanol–water partition coefficient (Wildman–Crippen LogP) is 4.59. The van der Waals surface area contributed by atoms with Crippen LogP contribution in [0.15, 0.2) is 6.07 Å². The van der Waals surface area contributed by atoms with Crippen molar-refractivity contribution in [1.29, 1.82) is 0 Å². The molecule has 0 bridgehead atoms. The summed E-state index contributed by atoms with van der Waals surface area (Å²) in [5, 5.41) is -0.265. The average molecular weight is 324 g/mol. The van der Waals surface area contributed by atoms with E-state index in [0.29, 0.717) is 6.07 Å². The summed E-state index contributed by atoms with van der Waals surface area (Å²) in [5.41, 5.74) is -2.93. The first-order valence-corrected chi connectivity index (χ1v) is 5.38. The van der Waals surface area contributed by atoms with Crippen molar-refractivity contribution in [3.05, 3.63) is 28.0 Å². The zero-order valence-electron chi connectivity index (χ0n) is 7.45. The highest BCUT2D eigenvalue weighted by molar-refractivity contribution is 9.08. The monoisotopic (exact) mass is 323 g/mol. The Labute approximate surface area is 101 Å². The lowest BCUT2D eigenvalue weighted by Gasteiger charge is -2.13. The molecule has 1 heterocycles. The van der Waals surface area contributed by atoms with E-state index < -0.39 is 23.9 Å². The molecule has 90 valence electrons. The Kier molecular flexibility index (Phi) is 4.12. The molecule has 0 radical (unpaired) electrons. The van der Waals surface area contributed by atoms with Crippen LogP contribution in [0.5, 0.6) is 0 Å². The maximum atomic E-state index is 12.4. The van der Waals surface area contributed by atoms with Gasteiger partial charge in [0.2, 0.25) is 0 Å². The van der Waals surface area contributed by atoms with Gasteiger partial charge in [0.15, 0.2) is 5.69 Å². The van der Waals surface area contributed by atoms with E-state index in [1.54, 1.807) is 0 Å². The summed E-state index contributed by atoms with van der Waals surface area (Å²) in [5.74, 6) is 0. The highest BCUT2D eigenvalue weighted by atomic mass is 79.9. The molecule has 0 aliphatic carbocycles. The third kappa shape index (κ3) is 2.82. The van der Waals surface area contributed by atoms with Crippen LogP contribution in [0, 0.1) is 0 Å². The molecule has 0 spiro atoms. The molecular formula is C8H4BrClF5N.